The first-order valence-electron chi connectivity index (χ1n) is 6.96. The normalized spacial score (nSPS) is 21.4. The molecule has 2 rings (SSSR count). The van der Waals surface area contributed by atoms with E-state index in [4.69, 9.17) is 0 Å². The van der Waals surface area contributed by atoms with Crippen LogP contribution in [-0.4, -0.2) is 44.5 Å². The van der Waals surface area contributed by atoms with E-state index in [-0.39, 0.29) is 0 Å². The molecule has 0 aliphatic carbocycles. The Morgan fingerprint density at radius 2 is 2.22 bits per heavy atom. The van der Waals surface area contributed by atoms with Crippen LogP contribution >= 0.6 is 0 Å². The number of aliphatic hydroxyl groups excluding tert-OH is 1. The first kappa shape index (κ1) is 13.5. The molecule has 0 radical (unpaired) electrons. The van der Waals surface area contributed by atoms with Gasteiger partial charge in [0.1, 0.15) is 11.6 Å². The van der Waals surface area contributed by atoms with Crippen LogP contribution in [-0.2, 0) is 13.1 Å². The third-order valence-electron chi connectivity index (χ3n) is 3.69. The van der Waals surface area contributed by atoms with E-state index in [1.54, 1.807) is 0 Å². The van der Waals surface area contributed by atoms with Crippen molar-refractivity contribution in [2.24, 2.45) is 5.92 Å². The van der Waals surface area contributed by atoms with Crippen molar-refractivity contribution < 1.29 is 5.11 Å². The van der Waals surface area contributed by atoms with Gasteiger partial charge in [0.15, 0.2) is 0 Å². The van der Waals surface area contributed by atoms with Crippen molar-refractivity contribution in [2.45, 2.75) is 46.2 Å². The molecule has 2 heterocycles. The molecule has 0 amide bonds. The lowest BCUT2D eigenvalue weighted by Gasteiger charge is -2.31. The molecule has 1 aliphatic rings. The summed E-state index contributed by atoms with van der Waals surface area (Å²) in [6.07, 6.45) is 3.42. The zero-order valence-corrected chi connectivity index (χ0v) is 11.5. The van der Waals surface area contributed by atoms with Crippen molar-refractivity contribution in [3.8, 4) is 0 Å². The van der Waals surface area contributed by atoms with E-state index in [1.807, 2.05) is 6.92 Å². The second-order valence-corrected chi connectivity index (χ2v) is 5.24. The number of aryl methyl sites for hydroxylation is 1. The van der Waals surface area contributed by atoms with Gasteiger partial charge in [-0.3, -0.25) is 4.90 Å². The van der Waals surface area contributed by atoms with Gasteiger partial charge in [-0.05, 0) is 38.6 Å². The summed E-state index contributed by atoms with van der Waals surface area (Å²) < 4.78 is 2.21. The molecule has 1 N–H and O–H groups in total. The summed E-state index contributed by atoms with van der Waals surface area (Å²) in [5.74, 6) is 2.50. The van der Waals surface area contributed by atoms with Crippen molar-refractivity contribution in [3.63, 3.8) is 0 Å². The van der Waals surface area contributed by atoms with E-state index < -0.39 is 0 Å². The molecule has 0 bridgehead atoms. The highest BCUT2D eigenvalue weighted by Gasteiger charge is 2.21. The van der Waals surface area contributed by atoms with Gasteiger partial charge in [-0.1, -0.05) is 6.92 Å². The Bertz CT molecular complexity index is 377. The number of nitrogens with zero attached hydrogens (tertiary/aromatic N) is 4. The molecule has 0 aromatic carbocycles. The average Bonchev–Trinajstić information content (AvgIpc) is 2.72. The van der Waals surface area contributed by atoms with E-state index in [2.05, 4.69) is 26.6 Å². The number of aromatic nitrogens is 3. The fraction of sp³-hybridized carbons (Fsp3) is 0.846. The topological polar surface area (TPSA) is 54.2 Å². The average molecular weight is 252 g/mol. The maximum absolute atomic E-state index is 9.26. The zero-order valence-electron chi connectivity index (χ0n) is 11.5. The van der Waals surface area contributed by atoms with E-state index >= 15 is 0 Å². The van der Waals surface area contributed by atoms with Crippen LogP contribution < -0.4 is 0 Å². The first-order valence-corrected chi connectivity index (χ1v) is 6.96. The number of rotatable bonds is 5. The van der Waals surface area contributed by atoms with Gasteiger partial charge in [-0.2, -0.15) is 0 Å². The molecule has 5 heteroatoms. The largest absolute Gasteiger partial charge is 0.396 e. The van der Waals surface area contributed by atoms with E-state index in [0.717, 1.165) is 50.7 Å². The van der Waals surface area contributed by atoms with Crippen molar-refractivity contribution in [1.82, 2.24) is 19.7 Å². The summed E-state index contributed by atoms with van der Waals surface area (Å²) in [6, 6.07) is 0. The standard InChI is InChI=1S/C13H24N4O/c1-3-6-17-11(2)14-15-13(17)9-16-7-4-5-12(8-16)10-18/h12,18H,3-10H2,1-2H3. The summed E-state index contributed by atoms with van der Waals surface area (Å²) in [4.78, 5) is 2.39. The Hall–Kier alpha value is -0.940. The molecule has 1 aromatic heterocycles. The Labute approximate surface area is 109 Å². The number of likely N-dealkylation sites (tertiary alicyclic amines) is 1. The second kappa shape index (κ2) is 6.29. The highest BCUT2D eigenvalue weighted by Crippen LogP contribution is 2.17. The highest BCUT2D eigenvalue weighted by molar-refractivity contribution is 4.94. The van der Waals surface area contributed by atoms with Gasteiger partial charge in [0, 0.05) is 19.7 Å². The SMILES string of the molecule is CCCn1c(C)nnc1CN1CCCC(CO)C1. The van der Waals surface area contributed by atoms with Crippen LogP contribution in [0.4, 0.5) is 0 Å². The van der Waals surface area contributed by atoms with Crippen molar-refractivity contribution >= 4 is 0 Å². The fourth-order valence-electron chi connectivity index (χ4n) is 2.70. The Morgan fingerprint density at radius 1 is 1.39 bits per heavy atom. The van der Waals surface area contributed by atoms with Gasteiger partial charge in [0.05, 0.1) is 6.54 Å². The summed E-state index contributed by atoms with van der Waals surface area (Å²) >= 11 is 0. The van der Waals surface area contributed by atoms with Crippen LogP contribution in [0.3, 0.4) is 0 Å². The molecule has 1 saturated heterocycles. The van der Waals surface area contributed by atoms with Crippen LogP contribution in [0.2, 0.25) is 0 Å². The maximum atomic E-state index is 9.26. The molecule has 18 heavy (non-hydrogen) atoms. The van der Waals surface area contributed by atoms with E-state index in [9.17, 15) is 5.11 Å². The van der Waals surface area contributed by atoms with Gasteiger partial charge < -0.3 is 9.67 Å². The summed E-state index contributed by atoms with van der Waals surface area (Å²) in [7, 11) is 0. The summed E-state index contributed by atoms with van der Waals surface area (Å²) in [6.45, 7) is 8.42. The minimum absolute atomic E-state index is 0.303. The van der Waals surface area contributed by atoms with E-state index in [1.165, 1.54) is 6.42 Å². The second-order valence-electron chi connectivity index (χ2n) is 5.24. The predicted octanol–water partition coefficient (Wildman–Crippen LogP) is 1.20. The van der Waals surface area contributed by atoms with Crippen LogP contribution in [0.1, 0.15) is 37.8 Å². The van der Waals surface area contributed by atoms with Gasteiger partial charge in [0.2, 0.25) is 0 Å². The molecule has 0 spiro atoms. The third-order valence-corrected chi connectivity index (χ3v) is 3.69. The Morgan fingerprint density at radius 3 is 2.94 bits per heavy atom. The predicted molar refractivity (Wildman–Crippen MR) is 70.1 cm³/mol. The minimum atomic E-state index is 0.303. The van der Waals surface area contributed by atoms with Crippen LogP contribution in [0.25, 0.3) is 0 Å². The molecule has 1 atom stereocenters. The Kier molecular flexibility index (Phi) is 4.72. The number of hydrogen-bond acceptors (Lipinski definition) is 4. The lowest BCUT2D eigenvalue weighted by atomic mass is 9.99. The number of aliphatic hydroxyl groups is 1. The molecule has 1 aliphatic heterocycles. The molecule has 5 nitrogen and oxygen atoms in total. The summed E-state index contributed by atoms with van der Waals surface area (Å²) in [5, 5.41) is 17.7. The first-order chi connectivity index (χ1) is 8.74. The minimum Gasteiger partial charge on any atom is -0.396 e. The molecule has 1 unspecified atom stereocenters. The van der Waals surface area contributed by atoms with Crippen LogP contribution in [0, 0.1) is 12.8 Å². The lowest BCUT2D eigenvalue weighted by molar-refractivity contribution is 0.113. The Balaban J connectivity index is 2.00. The van der Waals surface area contributed by atoms with Gasteiger partial charge in [-0.25, -0.2) is 0 Å². The molecular formula is C13H24N4O. The number of piperidine rings is 1. The smallest absolute Gasteiger partial charge is 0.147 e. The molecular weight excluding hydrogens is 228 g/mol. The number of hydrogen-bond donors (Lipinski definition) is 1. The van der Waals surface area contributed by atoms with Crippen LogP contribution in [0.15, 0.2) is 0 Å². The molecule has 0 saturated carbocycles. The van der Waals surface area contributed by atoms with Gasteiger partial charge in [-0.15, -0.1) is 10.2 Å². The van der Waals surface area contributed by atoms with E-state index in [0.29, 0.717) is 12.5 Å². The quantitative estimate of drug-likeness (QED) is 0.855. The summed E-state index contributed by atoms with van der Waals surface area (Å²) in [5.41, 5.74) is 0. The zero-order chi connectivity index (χ0) is 13.0. The van der Waals surface area contributed by atoms with Gasteiger partial charge in [0.25, 0.3) is 0 Å². The van der Waals surface area contributed by atoms with Gasteiger partial charge >= 0.3 is 0 Å². The monoisotopic (exact) mass is 252 g/mol. The maximum Gasteiger partial charge on any atom is 0.147 e. The lowest BCUT2D eigenvalue weighted by Crippen LogP contribution is -2.37. The molecule has 102 valence electrons. The van der Waals surface area contributed by atoms with Crippen molar-refractivity contribution in [3.05, 3.63) is 11.6 Å². The highest BCUT2D eigenvalue weighted by atomic mass is 16.3. The molecule has 1 aromatic rings. The van der Waals surface area contributed by atoms with Crippen molar-refractivity contribution in [1.29, 1.82) is 0 Å². The fourth-order valence-corrected chi connectivity index (χ4v) is 2.70. The molecule has 1 fully saturated rings. The van der Waals surface area contributed by atoms with Crippen molar-refractivity contribution in [2.75, 3.05) is 19.7 Å². The third kappa shape index (κ3) is 3.09. The van der Waals surface area contributed by atoms with Crippen LogP contribution in [0.5, 0.6) is 0 Å².